The molecule has 166 valence electrons. The van der Waals surface area contributed by atoms with Gasteiger partial charge in [-0.1, -0.05) is 30.3 Å². The number of halogens is 1. The number of benzene rings is 3. The minimum absolute atomic E-state index is 0.166. The Morgan fingerprint density at radius 2 is 1.56 bits per heavy atom. The van der Waals surface area contributed by atoms with Gasteiger partial charge in [-0.05, 0) is 55.0 Å². The average molecular weight is 436 g/mol. The molecule has 0 aliphatic carbocycles. The van der Waals surface area contributed by atoms with Crippen molar-refractivity contribution in [3.05, 3.63) is 84.2 Å². The van der Waals surface area contributed by atoms with Crippen LogP contribution < -0.4 is 25.6 Å². The zero-order valence-corrected chi connectivity index (χ0v) is 17.9. The predicted octanol–water partition coefficient (Wildman–Crippen LogP) is 5.00. The normalized spacial score (nSPS) is 10.2. The lowest BCUT2D eigenvalue weighted by molar-refractivity contribution is 0.250. The van der Waals surface area contributed by atoms with Gasteiger partial charge in [0.05, 0.1) is 12.8 Å². The molecule has 0 aromatic heterocycles. The molecule has 0 spiro atoms. The Labute approximate surface area is 186 Å². The molecule has 0 unspecified atom stereocenters. The molecule has 7 nitrogen and oxygen atoms in total. The van der Waals surface area contributed by atoms with Crippen LogP contribution >= 0.6 is 0 Å². The van der Waals surface area contributed by atoms with E-state index in [0.29, 0.717) is 22.8 Å². The molecule has 0 radical (unpaired) electrons. The lowest BCUT2D eigenvalue weighted by atomic mass is 10.2. The van der Waals surface area contributed by atoms with Gasteiger partial charge in [0, 0.05) is 24.5 Å². The standard InChI is InChI=1S/C24H25FN4O3/c1-17-7-3-4-8-20(17)28-24(31)29(19-13-11-18(25)12-14-19)16-15-26-23(30)27-21-9-5-6-10-22(21)32-2/h3-14H,15-16H2,1-2H3,(H,28,31)(H2,26,27,30). The topological polar surface area (TPSA) is 82.7 Å². The Balaban J connectivity index is 1.66. The Kier molecular flexibility index (Phi) is 7.64. The highest BCUT2D eigenvalue weighted by molar-refractivity contribution is 6.02. The second-order valence-electron chi connectivity index (χ2n) is 6.95. The molecule has 32 heavy (non-hydrogen) atoms. The number of urea groups is 2. The van der Waals surface area contributed by atoms with Crippen LogP contribution in [0, 0.1) is 12.7 Å². The van der Waals surface area contributed by atoms with E-state index in [1.54, 1.807) is 30.3 Å². The first-order valence-electron chi connectivity index (χ1n) is 10.1. The highest BCUT2D eigenvalue weighted by Gasteiger charge is 2.17. The van der Waals surface area contributed by atoms with Crippen molar-refractivity contribution in [1.29, 1.82) is 0 Å². The third-order valence-electron chi connectivity index (χ3n) is 4.75. The number of hydrogen-bond acceptors (Lipinski definition) is 3. The van der Waals surface area contributed by atoms with Gasteiger partial charge in [0.1, 0.15) is 11.6 Å². The van der Waals surface area contributed by atoms with E-state index in [9.17, 15) is 14.0 Å². The van der Waals surface area contributed by atoms with Gasteiger partial charge >= 0.3 is 12.1 Å². The third kappa shape index (κ3) is 5.98. The fraction of sp³-hybridized carbons (Fsp3) is 0.167. The maximum atomic E-state index is 13.4. The van der Waals surface area contributed by atoms with Gasteiger partial charge in [-0.2, -0.15) is 0 Å². The van der Waals surface area contributed by atoms with E-state index in [0.717, 1.165) is 5.56 Å². The van der Waals surface area contributed by atoms with E-state index in [-0.39, 0.29) is 13.1 Å². The molecule has 0 saturated carbocycles. The number of methoxy groups -OCH3 is 1. The molecule has 0 fully saturated rings. The van der Waals surface area contributed by atoms with Gasteiger partial charge in [0.25, 0.3) is 0 Å². The van der Waals surface area contributed by atoms with Crippen molar-refractivity contribution in [3.63, 3.8) is 0 Å². The van der Waals surface area contributed by atoms with Gasteiger partial charge in [0.2, 0.25) is 0 Å². The van der Waals surface area contributed by atoms with E-state index in [1.165, 1.54) is 36.3 Å². The molecule has 3 aromatic rings. The van der Waals surface area contributed by atoms with Gasteiger partial charge in [-0.15, -0.1) is 0 Å². The van der Waals surface area contributed by atoms with Crippen molar-refractivity contribution < 1.29 is 18.7 Å². The number of hydrogen-bond donors (Lipinski definition) is 3. The van der Waals surface area contributed by atoms with Crippen molar-refractivity contribution in [3.8, 4) is 5.75 Å². The highest BCUT2D eigenvalue weighted by Crippen LogP contribution is 2.23. The molecule has 3 rings (SSSR count). The summed E-state index contributed by atoms with van der Waals surface area (Å²) in [5, 5.41) is 8.30. The SMILES string of the molecule is COc1ccccc1NC(=O)NCCN(C(=O)Nc1ccccc1C)c1ccc(F)cc1. The van der Waals surface area contributed by atoms with Gasteiger partial charge in [-0.25, -0.2) is 14.0 Å². The summed E-state index contributed by atoms with van der Waals surface area (Å²) in [5.74, 6) is 0.135. The fourth-order valence-corrected chi connectivity index (χ4v) is 3.06. The molecule has 4 amide bonds. The van der Waals surface area contributed by atoms with E-state index < -0.39 is 17.9 Å². The second-order valence-corrected chi connectivity index (χ2v) is 6.95. The summed E-state index contributed by atoms with van der Waals surface area (Å²) in [4.78, 5) is 26.7. The number of amides is 4. The van der Waals surface area contributed by atoms with E-state index in [1.807, 2.05) is 25.1 Å². The number of ether oxygens (including phenoxy) is 1. The zero-order valence-electron chi connectivity index (χ0n) is 17.9. The largest absolute Gasteiger partial charge is 0.495 e. The molecular formula is C24H25FN4O3. The van der Waals surface area contributed by atoms with Crippen molar-refractivity contribution in [2.24, 2.45) is 0 Å². The number of anilines is 3. The number of carbonyl (C=O) groups is 2. The van der Waals surface area contributed by atoms with Crippen molar-refractivity contribution in [2.45, 2.75) is 6.92 Å². The summed E-state index contributed by atoms with van der Waals surface area (Å²) in [6.45, 7) is 2.23. The second kappa shape index (κ2) is 10.8. The zero-order chi connectivity index (χ0) is 22.9. The van der Waals surface area contributed by atoms with Gasteiger partial charge in [0.15, 0.2) is 0 Å². The lowest BCUT2D eigenvalue weighted by Crippen LogP contribution is -2.42. The number of nitrogens with zero attached hydrogens (tertiary/aromatic N) is 1. The number of aryl methyl sites for hydroxylation is 1. The van der Waals surface area contributed by atoms with Crippen LogP contribution in [0.2, 0.25) is 0 Å². The predicted molar refractivity (Wildman–Crippen MR) is 124 cm³/mol. The van der Waals surface area contributed by atoms with Crippen LogP contribution in [0.3, 0.4) is 0 Å². The van der Waals surface area contributed by atoms with Crippen LogP contribution in [0.1, 0.15) is 5.56 Å². The van der Waals surface area contributed by atoms with Crippen molar-refractivity contribution in [2.75, 3.05) is 35.7 Å². The smallest absolute Gasteiger partial charge is 0.326 e. The van der Waals surface area contributed by atoms with Crippen LogP contribution in [-0.2, 0) is 0 Å². The van der Waals surface area contributed by atoms with Crippen LogP contribution in [0.15, 0.2) is 72.8 Å². The highest BCUT2D eigenvalue weighted by atomic mass is 19.1. The molecule has 0 aliphatic heterocycles. The summed E-state index contributed by atoms with van der Waals surface area (Å²) in [5.41, 5.74) is 2.62. The molecule has 0 bridgehead atoms. The average Bonchev–Trinajstić information content (AvgIpc) is 2.79. The van der Waals surface area contributed by atoms with E-state index in [4.69, 9.17) is 4.74 Å². The molecule has 3 aromatic carbocycles. The first-order valence-corrected chi connectivity index (χ1v) is 10.1. The summed E-state index contributed by atoms with van der Waals surface area (Å²) in [6.07, 6.45) is 0. The summed E-state index contributed by atoms with van der Waals surface area (Å²) < 4.78 is 18.6. The van der Waals surface area contributed by atoms with E-state index in [2.05, 4.69) is 16.0 Å². The number of para-hydroxylation sites is 3. The Morgan fingerprint density at radius 1 is 0.906 bits per heavy atom. The third-order valence-corrected chi connectivity index (χ3v) is 4.75. The minimum Gasteiger partial charge on any atom is -0.495 e. The molecule has 0 heterocycles. The molecular weight excluding hydrogens is 411 g/mol. The summed E-state index contributed by atoms with van der Waals surface area (Å²) in [6, 6.07) is 19.2. The van der Waals surface area contributed by atoms with Crippen LogP contribution in [0.5, 0.6) is 5.75 Å². The van der Waals surface area contributed by atoms with Gasteiger partial charge < -0.3 is 20.7 Å². The Hall–Kier alpha value is -4.07. The summed E-state index contributed by atoms with van der Waals surface area (Å²) in [7, 11) is 1.52. The van der Waals surface area contributed by atoms with Crippen LogP contribution in [0.4, 0.5) is 31.0 Å². The molecule has 3 N–H and O–H groups in total. The van der Waals surface area contributed by atoms with E-state index >= 15 is 0 Å². The molecule has 8 heteroatoms. The van der Waals surface area contributed by atoms with Gasteiger partial charge in [-0.3, -0.25) is 4.90 Å². The van der Waals surface area contributed by atoms with Crippen molar-refractivity contribution >= 4 is 29.1 Å². The maximum absolute atomic E-state index is 13.4. The first-order chi connectivity index (χ1) is 15.5. The number of rotatable bonds is 7. The maximum Gasteiger partial charge on any atom is 0.326 e. The molecule has 0 aliphatic rings. The fourth-order valence-electron chi connectivity index (χ4n) is 3.06. The quantitative estimate of drug-likeness (QED) is 0.487. The van der Waals surface area contributed by atoms with Crippen LogP contribution in [0.25, 0.3) is 0 Å². The molecule has 0 atom stereocenters. The lowest BCUT2D eigenvalue weighted by Gasteiger charge is -2.24. The Bertz CT molecular complexity index is 1070. The molecule has 0 saturated heterocycles. The number of nitrogens with one attached hydrogen (secondary N) is 3. The van der Waals surface area contributed by atoms with Crippen LogP contribution in [-0.4, -0.2) is 32.3 Å². The van der Waals surface area contributed by atoms with Crippen molar-refractivity contribution in [1.82, 2.24) is 5.32 Å². The number of carbonyl (C=O) groups excluding carboxylic acids is 2. The first kappa shape index (κ1) is 22.6. The Morgan fingerprint density at radius 3 is 2.25 bits per heavy atom. The monoisotopic (exact) mass is 436 g/mol. The summed E-state index contributed by atoms with van der Waals surface area (Å²) >= 11 is 0. The minimum atomic E-state index is -0.437.